The molecular weight excluding hydrogens is 321 g/mol. The maximum absolute atomic E-state index is 13.6. The van der Waals surface area contributed by atoms with E-state index < -0.39 is 5.82 Å². The second-order valence-corrected chi connectivity index (χ2v) is 4.96. The second-order valence-electron chi connectivity index (χ2n) is 3.67. The third-order valence-electron chi connectivity index (χ3n) is 2.39. The smallest absolute Gasteiger partial charge is 0.186 e. The molecule has 1 heterocycles. The first kappa shape index (κ1) is 13.2. The van der Waals surface area contributed by atoms with Crippen LogP contribution in [0.2, 0.25) is 5.02 Å². The molecule has 0 spiro atoms. The van der Waals surface area contributed by atoms with Crippen molar-refractivity contribution in [2.75, 3.05) is 0 Å². The highest BCUT2D eigenvalue weighted by molar-refractivity contribution is 9.10. The minimum absolute atomic E-state index is 0.0430. The van der Waals surface area contributed by atoms with Crippen molar-refractivity contribution in [3.8, 4) is 0 Å². The molecule has 92 valence electrons. The summed E-state index contributed by atoms with van der Waals surface area (Å²) in [5.41, 5.74) is 0.605. The second kappa shape index (κ2) is 5.59. The average molecular weight is 329 g/mol. The van der Waals surface area contributed by atoms with Crippen molar-refractivity contribution in [3.05, 3.63) is 63.1 Å². The Morgan fingerprint density at radius 3 is 2.83 bits per heavy atom. The number of rotatable bonds is 3. The number of carbonyl (C=O) groups excluding carboxylic acids is 1. The minimum atomic E-state index is -0.483. The molecule has 0 atom stereocenters. The van der Waals surface area contributed by atoms with Gasteiger partial charge in [0, 0.05) is 22.1 Å². The van der Waals surface area contributed by atoms with E-state index in [1.165, 1.54) is 18.3 Å². The Morgan fingerprint density at radius 1 is 1.39 bits per heavy atom. The SMILES string of the molecule is O=C(Cc1ccc(Cl)cc1F)c1ncccc1Br. The van der Waals surface area contributed by atoms with Crippen LogP contribution in [-0.2, 0) is 6.42 Å². The van der Waals surface area contributed by atoms with E-state index in [9.17, 15) is 9.18 Å². The maximum Gasteiger partial charge on any atom is 0.186 e. The molecule has 5 heteroatoms. The molecule has 0 aliphatic heterocycles. The quantitative estimate of drug-likeness (QED) is 0.795. The van der Waals surface area contributed by atoms with E-state index in [4.69, 9.17) is 11.6 Å². The van der Waals surface area contributed by atoms with Crippen LogP contribution >= 0.6 is 27.5 Å². The summed E-state index contributed by atoms with van der Waals surface area (Å²) >= 11 is 8.89. The zero-order valence-electron chi connectivity index (χ0n) is 9.16. The number of carbonyl (C=O) groups is 1. The molecule has 2 aromatic rings. The third kappa shape index (κ3) is 2.94. The summed E-state index contributed by atoms with van der Waals surface area (Å²) in [6.07, 6.45) is 1.48. The lowest BCUT2D eigenvalue weighted by Crippen LogP contribution is -2.08. The Hall–Kier alpha value is -1.26. The van der Waals surface area contributed by atoms with Gasteiger partial charge in [-0.3, -0.25) is 9.78 Å². The fourth-order valence-electron chi connectivity index (χ4n) is 1.51. The van der Waals surface area contributed by atoms with Crippen LogP contribution in [0, 0.1) is 5.82 Å². The van der Waals surface area contributed by atoms with Gasteiger partial charge < -0.3 is 0 Å². The lowest BCUT2D eigenvalue weighted by Gasteiger charge is -2.04. The van der Waals surface area contributed by atoms with Crippen LogP contribution in [0.15, 0.2) is 41.0 Å². The van der Waals surface area contributed by atoms with Crippen LogP contribution in [0.3, 0.4) is 0 Å². The largest absolute Gasteiger partial charge is 0.292 e. The van der Waals surface area contributed by atoms with Crippen molar-refractivity contribution in [2.24, 2.45) is 0 Å². The molecule has 0 N–H and O–H groups in total. The first-order valence-electron chi connectivity index (χ1n) is 5.15. The van der Waals surface area contributed by atoms with Gasteiger partial charge in [0.1, 0.15) is 11.5 Å². The van der Waals surface area contributed by atoms with E-state index in [0.717, 1.165) is 0 Å². The summed E-state index contributed by atoms with van der Waals surface area (Å²) in [6.45, 7) is 0. The molecule has 0 amide bonds. The van der Waals surface area contributed by atoms with Crippen molar-refractivity contribution >= 4 is 33.3 Å². The van der Waals surface area contributed by atoms with Gasteiger partial charge in [0.05, 0.1) is 0 Å². The van der Waals surface area contributed by atoms with Crippen LogP contribution in [0.5, 0.6) is 0 Å². The van der Waals surface area contributed by atoms with Crippen LogP contribution in [0.25, 0.3) is 0 Å². The summed E-state index contributed by atoms with van der Waals surface area (Å²) in [5, 5.41) is 0.308. The number of halogens is 3. The number of hydrogen-bond donors (Lipinski definition) is 0. The van der Waals surface area contributed by atoms with Gasteiger partial charge in [0.25, 0.3) is 0 Å². The first-order chi connectivity index (χ1) is 8.58. The van der Waals surface area contributed by atoms with E-state index >= 15 is 0 Å². The maximum atomic E-state index is 13.6. The zero-order chi connectivity index (χ0) is 13.1. The zero-order valence-corrected chi connectivity index (χ0v) is 11.5. The van der Waals surface area contributed by atoms with Gasteiger partial charge in [0.2, 0.25) is 0 Å². The van der Waals surface area contributed by atoms with Crippen molar-refractivity contribution in [2.45, 2.75) is 6.42 Å². The molecule has 1 aromatic heterocycles. The number of ketones is 1. The number of Topliss-reactive ketones (excluding diaryl/α,β-unsaturated/α-hetero) is 1. The molecule has 2 rings (SSSR count). The number of pyridine rings is 1. The minimum Gasteiger partial charge on any atom is -0.292 e. The molecule has 0 aliphatic rings. The number of aromatic nitrogens is 1. The van der Waals surface area contributed by atoms with Crippen molar-refractivity contribution in [3.63, 3.8) is 0 Å². The Balaban J connectivity index is 2.24. The molecule has 1 aromatic carbocycles. The normalized spacial score (nSPS) is 10.4. The summed E-state index contributed by atoms with van der Waals surface area (Å²) < 4.78 is 14.2. The Labute approximate surface area is 117 Å². The Bertz CT molecular complexity index is 603. The van der Waals surface area contributed by atoms with Gasteiger partial charge >= 0.3 is 0 Å². The van der Waals surface area contributed by atoms with Crippen LogP contribution in [-0.4, -0.2) is 10.8 Å². The average Bonchev–Trinajstić information content (AvgIpc) is 2.33. The van der Waals surface area contributed by atoms with Gasteiger partial charge in [-0.2, -0.15) is 0 Å². The highest BCUT2D eigenvalue weighted by Crippen LogP contribution is 2.19. The van der Waals surface area contributed by atoms with E-state index in [2.05, 4.69) is 20.9 Å². The number of hydrogen-bond acceptors (Lipinski definition) is 2. The van der Waals surface area contributed by atoms with Crippen LogP contribution in [0.4, 0.5) is 4.39 Å². The van der Waals surface area contributed by atoms with Crippen molar-refractivity contribution in [1.82, 2.24) is 4.98 Å². The van der Waals surface area contributed by atoms with Gasteiger partial charge in [0.15, 0.2) is 5.78 Å². The monoisotopic (exact) mass is 327 g/mol. The van der Waals surface area contributed by atoms with Gasteiger partial charge in [-0.05, 0) is 45.8 Å². The van der Waals surface area contributed by atoms with Gasteiger partial charge in [-0.25, -0.2) is 4.39 Å². The standard InChI is InChI=1S/C13H8BrClFNO/c14-10-2-1-5-17-13(10)12(18)6-8-3-4-9(15)7-11(8)16/h1-5,7H,6H2. The molecule has 0 radical (unpaired) electrons. The molecule has 0 saturated carbocycles. The third-order valence-corrected chi connectivity index (χ3v) is 3.26. The molecule has 0 fully saturated rings. The predicted octanol–water partition coefficient (Wildman–Crippen LogP) is 4.06. The van der Waals surface area contributed by atoms with Gasteiger partial charge in [-0.1, -0.05) is 17.7 Å². The summed E-state index contributed by atoms with van der Waals surface area (Å²) in [4.78, 5) is 16.0. The predicted molar refractivity (Wildman–Crippen MR) is 71.4 cm³/mol. The van der Waals surface area contributed by atoms with Crippen molar-refractivity contribution < 1.29 is 9.18 Å². The summed E-state index contributed by atoms with van der Waals surface area (Å²) in [7, 11) is 0. The van der Waals surface area contributed by atoms with E-state index in [1.54, 1.807) is 18.2 Å². The number of nitrogens with zero attached hydrogens (tertiary/aromatic N) is 1. The molecule has 2 nitrogen and oxygen atoms in total. The lowest BCUT2D eigenvalue weighted by atomic mass is 10.1. The fraction of sp³-hybridized carbons (Fsp3) is 0.0769. The Morgan fingerprint density at radius 2 is 2.17 bits per heavy atom. The van der Waals surface area contributed by atoms with E-state index in [0.29, 0.717) is 20.8 Å². The summed E-state index contributed by atoms with van der Waals surface area (Å²) in [5.74, 6) is -0.730. The fourth-order valence-corrected chi connectivity index (χ4v) is 2.15. The van der Waals surface area contributed by atoms with E-state index in [-0.39, 0.29) is 12.2 Å². The summed E-state index contributed by atoms with van der Waals surface area (Å²) in [6, 6.07) is 7.69. The first-order valence-corrected chi connectivity index (χ1v) is 6.32. The molecule has 18 heavy (non-hydrogen) atoms. The molecule has 0 aliphatic carbocycles. The highest BCUT2D eigenvalue weighted by atomic mass is 79.9. The van der Waals surface area contributed by atoms with Crippen LogP contribution in [0.1, 0.15) is 16.1 Å². The Kier molecular flexibility index (Phi) is 4.09. The molecular formula is C13H8BrClFNO. The molecule has 0 unspecified atom stereocenters. The lowest BCUT2D eigenvalue weighted by molar-refractivity contribution is 0.0986. The topological polar surface area (TPSA) is 30.0 Å². The van der Waals surface area contributed by atoms with E-state index in [1.807, 2.05) is 0 Å². The van der Waals surface area contributed by atoms with Crippen molar-refractivity contribution in [1.29, 1.82) is 0 Å². The van der Waals surface area contributed by atoms with Crippen LogP contribution < -0.4 is 0 Å². The number of benzene rings is 1. The van der Waals surface area contributed by atoms with Gasteiger partial charge in [-0.15, -0.1) is 0 Å². The molecule has 0 bridgehead atoms. The highest BCUT2D eigenvalue weighted by Gasteiger charge is 2.14. The molecule has 0 saturated heterocycles.